The number of hydrogen-bond acceptors (Lipinski definition) is 4. The minimum absolute atomic E-state index is 0.0626. The van der Waals surface area contributed by atoms with Gasteiger partial charge in [0.05, 0.1) is 12.1 Å². The van der Waals surface area contributed by atoms with Gasteiger partial charge in [-0.2, -0.15) is 0 Å². The van der Waals surface area contributed by atoms with E-state index in [1.54, 1.807) is 30.5 Å². The molecule has 6 nitrogen and oxygen atoms in total. The van der Waals surface area contributed by atoms with Gasteiger partial charge in [0, 0.05) is 12.7 Å². The number of nitrogens with zero attached hydrogens (tertiary/aromatic N) is 3. The number of carbonyl (C=O) groups excluding carboxylic acids is 2. The SMILES string of the molecule is CCc1ccc(C2=Nc3cccnc3N(CC(=O)NCc3ccc(F)cc3)C(=O)C2)cc1. The second-order valence-corrected chi connectivity index (χ2v) is 7.51. The maximum absolute atomic E-state index is 13.1. The van der Waals surface area contributed by atoms with Crippen LogP contribution in [0.2, 0.25) is 0 Å². The van der Waals surface area contributed by atoms with Crippen LogP contribution >= 0.6 is 0 Å². The summed E-state index contributed by atoms with van der Waals surface area (Å²) in [5, 5.41) is 2.77. The zero-order valence-corrected chi connectivity index (χ0v) is 17.7. The summed E-state index contributed by atoms with van der Waals surface area (Å²) in [5.74, 6) is -0.569. The van der Waals surface area contributed by atoms with Gasteiger partial charge in [0.15, 0.2) is 5.82 Å². The van der Waals surface area contributed by atoms with Crippen LogP contribution in [-0.2, 0) is 22.6 Å². The Labute approximate surface area is 185 Å². The number of amides is 2. The maximum atomic E-state index is 13.1. The number of aromatic nitrogens is 1. The molecular formula is C25H23FN4O2. The Morgan fingerprint density at radius 2 is 1.78 bits per heavy atom. The Morgan fingerprint density at radius 3 is 2.50 bits per heavy atom. The van der Waals surface area contributed by atoms with Crippen molar-refractivity contribution in [3.8, 4) is 0 Å². The van der Waals surface area contributed by atoms with Crippen LogP contribution in [0.3, 0.4) is 0 Å². The van der Waals surface area contributed by atoms with E-state index in [1.807, 2.05) is 24.3 Å². The molecule has 2 heterocycles. The van der Waals surface area contributed by atoms with Crippen molar-refractivity contribution in [1.29, 1.82) is 0 Å². The smallest absolute Gasteiger partial charge is 0.240 e. The summed E-state index contributed by atoms with van der Waals surface area (Å²) >= 11 is 0. The Hall–Kier alpha value is -3.87. The van der Waals surface area contributed by atoms with Gasteiger partial charge in [-0.25, -0.2) is 14.4 Å². The zero-order valence-electron chi connectivity index (χ0n) is 17.7. The van der Waals surface area contributed by atoms with Crippen LogP contribution in [0.1, 0.15) is 30.0 Å². The van der Waals surface area contributed by atoms with Gasteiger partial charge in [-0.05, 0) is 47.4 Å². The summed E-state index contributed by atoms with van der Waals surface area (Å²) in [4.78, 5) is 36.1. The monoisotopic (exact) mass is 430 g/mol. The first-order chi connectivity index (χ1) is 15.5. The van der Waals surface area contributed by atoms with Crippen LogP contribution in [0.4, 0.5) is 15.9 Å². The fourth-order valence-corrected chi connectivity index (χ4v) is 3.49. The highest BCUT2D eigenvalue weighted by atomic mass is 19.1. The van der Waals surface area contributed by atoms with Gasteiger partial charge in [0.1, 0.15) is 18.0 Å². The lowest BCUT2D eigenvalue weighted by Gasteiger charge is -2.20. The molecule has 4 rings (SSSR count). The first-order valence-electron chi connectivity index (χ1n) is 10.5. The molecule has 1 N–H and O–H groups in total. The molecule has 0 atom stereocenters. The van der Waals surface area contributed by atoms with Crippen molar-refractivity contribution >= 4 is 29.0 Å². The molecule has 1 aliphatic heterocycles. The molecule has 0 bridgehead atoms. The molecule has 1 aromatic heterocycles. The summed E-state index contributed by atoms with van der Waals surface area (Å²) in [5.41, 5.74) is 4.02. The molecule has 0 fully saturated rings. The molecule has 3 aromatic rings. The third-order valence-electron chi connectivity index (χ3n) is 5.30. The van der Waals surface area contributed by atoms with Crippen molar-refractivity contribution in [2.24, 2.45) is 4.99 Å². The number of halogens is 1. The standard InChI is InChI=1S/C25H23FN4O2/c1-2-17-5-9-19(10-6-17)22-14-24(32)30(25-21(29-22)4-3-13-27-25)16-23(31)28-15-18-7-11-20(26)12-8-18/h3-13H,2,14-16H2,1H3,(H,28,31). The van der Waals surface area contributed by atoms with Crippen molar-refractivity contribution in [3.05, 3.63) is 89.4 Å². The number of rotatable bonds is 6. The molecule has 2 amide bonds. The minimum atomic E-state index is -0.338. The van der Waals surface area contributed by atoms with Gasteiger partial charge in [-0.3, -0.25) is 14.5 Å². The molecular weight excluding hydrogens is 407 g/mol. The van der Waals surface area contributed by atoms with E-state index in [1.165, 1.54) is 22.6 Å². The molecule has 0 aliphatic carbocycles. The molecule has 1 aliphatic rings. The van der Waals surface area contributed by atoms with Gasteiger partial charge in [-0.1, -0.05) is 43.3 Å². The lowest BCUT2D eigenvalue weighted by molar-refractivity contribution is -0.123. The van der Waals surface area contributed by atoms with Gasteiger partial charge in [-0.15, -0.1) is 0 Å². The number of aliphatic imine (C=N–C) groups is 1. The van der Waals surface area contributed by atoms with E-state index in [2.05, 4.69) is 17.2 Å². The average molecular weight is 430 g/mol. The summed E-state index contributed by atoms with van der Waals surface area (Å²) in [7, 11) is 0. The minimum Gasteiger partial charge on any atom is -0.350 e. The zero-order chi connectivity index (χ0) is 22.5. The third kappa shape index (κ3) is 4.88. The van der Waals surface area contributed by atoms with Crippen molar-refractivity contribution in [2.45, 2.75) is 26.3 Å². The van der Waals surface area contributed by atoms with Crippen LogP contribution in [0.25, 0.3) is 0 Å². The van der Waals surface area contributed by atoms with E-state index in [4.69, 9.17) is 4.99 Å². The largest absolute Gasteiger partial charge is 0.350 e. The third-order valence-corrected chi connectivity index (χ3v) is 5.30. The van der Waals surface area contributed by atoms with Crippen molar-refractivity contribution in [3.63, 3.8) is 0 Å². The molecule has 7 heteroatoms. The number of pyridine rings is 1. The van der Waals surface area contributed by atoms with E-state index >= 15 is 0 Å². The number of fused-ring (bicyclic) bond motifs is 1. The fourth-order valence-electron chi connectivity index (χ4n) is 3.49. The van der Waals surface area contributed by atoms with Crippen LogP contribution in [0.15, 0.2) is 71.9 Å². The molecule has 0 saturated carbocycles. The van der Waals surface area contributed by atoms with E-state index in [9.17, 15) is 14.0 Å². The highest BCUT2D eigenvalue weighted by Crippen LogP contribution is 2.30. The molecule has 162 valence electrons. The van der Waals surface area contributed by atoms with Crippen LogP contribution in [0, 0.1) is 5.82 Å². The van der Waals surface area contributed by atoms with Crippen molar-refractivity contribution in [2.75, 3.05) is 11.4 Å². The lowest BCUT2D eigenvalue weighted by Crippen LogP contribution is -2.41. The topological polar surface area (TPSA) is 74.7 Å². The quantitative estimate of drug-likeness (QED) is 0.643. The number of aryl methyl sites for hydroxylation is 1. The highest BCUT2D eigenvalue weighted by molar-refractivity contribution is 6.18. The van der Waals surface area contributed by atoms with Crippen molar-refractivity contribution < 1.29 is 14.0 Å². The summed E-state index contributed by atoms with van der Waals surface area (Å²) in [6, 6.07) is 17.4. The van der Waals surface area contributed by atoms with Crippen molar-refractivity contribution in [1.82, 2.24) is 10.3 Å². The van der Waals surface area contributed by atoms with E-state index in [0.717, 1.165) is 17.5 Å². The van der Waals surface area contributed by atoms with E-state index in [-0.39, 0.29) is 37.1 Å². The summed E-state index contributed by atoms with van der Waals surface area (Å²) in [6.45, 7) is 2.14. The van der Waals surface area contributed by atoms with Crippen LogP contribution in [-0.4, -0.2) is 29.1 Å². The molecule has 32 heavy (non-hydrogen) atoms. The summed E-state index contributed by atoms with van der Waals surface area (Å²) in [6.07, 6.45) is 2.57. The Bertz CT molecular complexity index is 1160. The number of hydrogen-bond donors (Lipinski definition) is 1. The number of nitrogens with one attached hydrogen (secondary N) is 1. The van der Waals surface area contributed by atoms with Crippen LogP contribution in [0.5, 0.6) is 0 Å². The fraction of sp³-hybridized carbons (Fsp3) is 0.200. The van der Waals surface area contributed by atoms with Gasteiger partial charge in [0.2, 0.25) is 11.8 Å². The van der Waals surface area contributed by atoms with Gasteiger partial charge < -0.3 is 5.32 Å². The predicted octanol–water partition coefficient (Wildman–Crippen LogP) is 3.96. The Morgan fingerprint density at radius 1 is 1.06 bits per heavy atom. The number of carbonyl (C=O) groups is 2. The predicted molar refractivity (Wildman–Crippen MR) is 121 cm³/mol. The molecule has 0 radical (unpaired) electrons. The molecule has 0 spiro atoms. The lowest BCUT2D eigenvalue weighted by atomic mass is 10.0. The van der Waals surface area contributed by atoms with Gasteiger partial charge >= 0.3 is 0 Å². The normalized spacial score (nSPS) is 13.2. The first kappa shape index (κ1) is 21.4. The first-order valence-corrected chi connectivity index (χ1v) is 10.5. The number of benzene rings is 2. The molecule has 0 saturated heterocycles. The Balaban J connectivity index is 1.52. The summed E-state index contributed by atoms with van der Waals surface area (Å²) < 4.78 is 13.1. The van der Waals surface area contributed by atoms with Gasteiger partial charge in [0.25, 0.3) is 0 Å². The Kier molecular flexibility index (Phi) is 6.35. The van der Waals surface area contributed by atoms with E-state index in [0.29, 0.717) is 17.2 Å². The van der Waals surface area contributed by atoms with Crippen LogP contribution < -0.4 is 10.2 Å². The molecule has 0 unspecified atom stereocenters. The second-order valence-electron chi connectivity index (χ2n) is 7.51. The second kappa shape index (κ2) is 9.51. The molecule has 2 aromatic carbocycles. The average Bonchev–Trinajstić information content (AvgIpc) is 2.95. The maximum Gasteiger partial charge on any atom is 0.240 e. The highest BCUT2D eigenvalue weighted by Gasteiger charge is 2.27. The number of anilines is 1. The van der Waals surface area contributed by atoms with E-state index < -0.39 is 0 Å².